The van der Waals surface area contributed by atoms with E-state index in [0.29, 0.717) is 17.5 Å². The van der Waals surface area contributed by atoms with Crippen molar-refractivity contribution in [2.75, 3.05) is 0 Å². The molecule has 2 atom stereocenters. The lowest BCUT2D eigenvalue weighted by atomic mass is 9.98. The van der Waals surface area contributed by atoms with E-state index >= 15 is 0 Å². The maximum absolute atomic E-state index is 12.5. The summed E-state index contributed by atoms with van der Waals surface area (Å²) in [5.41, 5.74) is 0.823. The van der Waals surface area contributed by atoms with Crippen LogP contribution in [0.1, 0.15) is 44.3 Å². The number of aliphatic hydroxyl groups excluding tert-OH is 1. The highest BCUT2D eigenvalue weighted by Crippen LogP contribution is 2.17. The van der Waals surface area contributed by atoms with Crippen molar-refractivity contribution < 1.29 is 14.3 Å². The van der Waals surface area contributed by atoms with Gasteiger partial charge in [-0.1, -0.05) is 45.2 Å². The minimum absolute atomic E-state index is 0.378. The second-order valence-corrected chi connectivity index (χ2v) is 5.36. The molecule has 0 aliphatic carbocycles. The summed E-state index contributed by atoms with van der Waals surface area (Å²) in [4.78, 5) is 24.3. The van der Waals surface area contributed by atoms with Gasteiger partial charge in [0.25, 0.3) is 0 Å². The second kappa shape index (κ2) is 6.72. The maximum Gasteiger partial charge on any atom is 0.426 e. The first kappa shape index (κ1) is 15.5. The summed E-state index contributed by atoms with van der Waals surface area (Å²) in [6, 6.07) is 6.78. The number of hydrogen-bond acceptors (Lipinski definition) is 4. The van der Waals surface area contributed by atoms with Gasteiger partial charge in [0, 0.05) is 0 Å². The number of rotatable bonds is 6. The smallest absolute Gasteiger partial charge is 0.407 e. The molecule has 5 nitrogen and oxygen atoms in total. The van der Waals surface area contributed by atoms with Gasteiger partial charge < -0.3 is 9.52 Å². The molecule has 0 fully saturated rings. The molecular weight excluding hydrogens is 270 g/mol. The molecular formula is C16H21NO4. The van der Waals surface area contributed by atoms with E-state index in [1.807, 2.05) is 0 Å². The van der Waals surface area contributed by atoms with E-state index in [9.17, 15) is 14.7 Å². The van der Waals surface area contributed by atoms with Gasteiger partial charge in [0.15, 0.2) is 5.58 Å². The van der Waals surface area contributed by atoms with Crippen molar-refractivity contribution in [1.82, 2.24) is 4.57 Å². The number of oxazole rings is 1. The van der Waals surface area contributed by atoms with Gasteiger partial charge in [-0.05, 0) is 18.6 Å². The molecule has 2 aromatic rings. The Bertz CT molecular complexity index is 670. The molecule has 0 unspecified atom stereocenters. The molecule has 5 heteroatoms. The lowest BCUT2D eigenvalue weighted by Gasteiger charge is -2.17. The number of aliphatic hydroxyl groups is 1. The standard InChI is InChI=1S/C16H21NO4/c1-3-4-5-9-13(18)11(2)15(19)17-12-8-6-7-10-14(12)21-16(17)20/h6-8,10-11,13,18H,3-5,9H2,1-2H3/t11-,13+/m1/s1. The molecule has 21 heavy (non-hydrogen) atoms. The van der Waals surface area contributed by atoms with E-state index in [1.54, 1.807) is 31.2 Å². The Balaban J connectivity index is 2.21. The quantitative estimate of drug-likeness (QED) is 0.831. The van der Waals surface area contributed by atoms with Crippen molar-refractivity contribution in [2.24, 2.45) is 5.92 Å². The topological polar surface area (TPSA) is 72.4 Å². The fourth-order valence-electron chi connectivity index (χ4n) is 2.40. The zero-order valence-corrected chi connectivity index (χ0v) is 12.4. The Morgan fingerprint density at radius 2 is 2.05 bits per heavy atom. The van der Waals surface area contributed by atoms with Crippen molar-refractivity contribution >= 4 is 17.0 Å². The van der Waals surface area contributed by atoms with Crippen LogP contribution >= 0.6 is 0 Å². The highest BCUT2D eigenvalue weighted by molar-refractivity contribution is 5.90. The molecule has 2 rings (SSSR count). The highest BCUT2D eigenvalue weighted by atomic mass is 16.4. The van der Waals surface area contributed by atoms with E-state index < -0.39 is 23.7 Å². The third kappa shape index (κ3) is 3.24. The van der Waals surface area contributed by atoms with E-state index in [4.69, 9.17) is 4.42 Å². The minimum Gasteiger partial charge on any atom is -0.407 e. The van der Waals surface area contributed by atoms with Crippen molar-refractivity contribution in [3.63, 3.8) is 0 Å². The molecule has 1 heterocycles. The van der Waals surface area contributed by atoms with Gasteiger partial charge in [0.05, 0.1) is 17.5 Å². The molecule has 0 aliphatic heterocycles. The molecule has 0 radical (unpaired) electrons. The van der Waals surface area contributed by atoms with Crippen LogP contribution in [0.4, 0.5) is 0 Å². The van der Waals surface area contributed by atoms with Gasteiger partial charge >= 0.3 is 5.76 Å². The molecule has 1 aromatic carbocycles. The number of nitrogens with zero attached hydrogens (tertiary/aromatic N) is 1. The predicted molar refractivity (Wildman–Crippen MR) is 80.4 cm³/mol. The molecule has 1 N–H and O–H groups in total. The van der Waals surface area contributed by atoms with Crippen molar-refractivity contribution in [3.05, 3.63) is 34.8 Å². The molecule has 1 aromatic heterocycles. The zero-order chi connectivity index (χ0) is 15.4. The van der Waals surface area contributed by atoms with Crippen LogP contribution in [0.3, 0.4) is 0 Å². The predicted octanol–water partition coefficient (Wildman–Crippen LogP) is 2.81. The third-order valence-corrected chi connectivity index (χ3v) is 3.78. The molecule has 114 valence electrons. The van der Waals surface area contributed by atoms with Gasteiger partial charge in [-0.25, -0.2) is 9.36 Å². The van der Waals surface area contributed by atoms with Crippen LogP contribution in [-0.4, -0.2) is 21.7 Å². The lowest BCUT2D eigenvalue weighted by Crippen LogP contribution is -2.34. The summed E-state index contributed by atoms with van der Waals surface area (Å²) < 4.78 is 6.07. The van der Waals surface area contributed by atoms with Crippen LogP contribution in [0, 0.1) is 5.92 Å². The first-order chi connectivity index (χ1) is 10.1. The number of unbranched alkanes of at least 4 members (excludes halogenated alkanes) is 2. The first-order valence-corrected chi connectivity index (χ1v) is 7.39. The number of hydrogen-bond donors (Lipinski definition) is 1. The average molecular weight is 291 g/mol. The van der Waals surface area contributed by atoms with Crippen LogP contribution < -0.4 is 5.76 Å². The van der Waals surface area contributed by atoms with Gasteiger partial charge in [-0.3, -0.25) is 4.79 Å². The Hall–Kier alpha value is -1.88. The Morgan fingerprint density at radius 1 is 1.33 bits per heavy atom. The fourth-order valence-corrected chi connectivity index (χ4v) is 2.40. The van der Waals surface area contributed by atoms with Crippen LogP contribution in [-0.2, 0) is 0 Å². The number of fused-ring (bicyclic) bond motifs is 1. The SMILES string of the molecule is CCCCC[C@H](O)[C@@H](C)C(=O)n1c(=O)oc2ccccc21. The van der Waals surface area contributed by atoms with E-state index in [-0.39, 0.29) is 0 Å². The fraction of sp³-hybridized carbons (Fsp3) is 0.500. The lowest BCUT2D eigenvalue weighted by molar-refractivity contribution is 0.0599. The second-order valence-electron chi connectivity index (χ2n) is 5.36. The Kier molecular flexibility index (Phi) is 4.96. The normalized spacial score (nSPS) is 14.2. The van der Waals surface area contributed by atoms with E-state index in [0.717, 1.165) is 23.8 Å². The van der Waals surface area contributed by atoms with Crippen LogP contribution in [0.15, 0.2) is 33.5 Å². The van der Waals surface area contributed by atoms with Crippen molar-refractivity contribution in [1.29, 1.82) is 0 Å². The largest absolute Gasteiger partial charge is 0.426 e. The highest BCUT2D eigenvalue weighted by Gasteiger charge is 2.26. The summed E-state index contributed by atoms with van der Waals surface area (Å²) in [7, 11) is 0. The molecule has 0 spiro atoms. The summed E-state index contributed by atoms with van der Waals surface area (Å²) in [5.74, 6) is -1.76. The van der Waals surface area contributed by atoms with Crippen LogP contribution in [0.25, 0.3) is 11.1 Å². The number of carbonyl (C=O) groups is 1. The number of carbonyl (C=O) groups excluding carboxylic acids is 1. The van der Waals surface area contributed by atoms with E-state index in [2.05, 4.69) is 6.92 Å². The average Bonchev–Trinajstić information content (AvgIpc) is 2.81. The van der Waals surface area contributed by atoms with Crippen LogP contribution in [0.5, 0.6) is 0 Å². The summed E-state index contributed by atoms with van der Waals surface area (Å²) in [6.45, 7) is 3.73. The molecule has 0 amide bonds. The number of benzene rings is 1. The Labute approximate surface area is 123 Å². The number of aromatic nitrogens is 1. The molecule has 0 saturated heterocycles. The third-order valence-electron chi connectivity index (χ3n) is 3.78. The summed E-state index contributed by atoms with van der Waals surface area (Å²) >= 11 is 0. The summed E-state index contributed by atoms with van der Waals surface area (Å²) in [6.07, 6.45) is 2.76. The Morgan fingerprint density at radius 3 is 2.76 bits per heavy atom. The van der Waals surface area contributed by atoms with Gasteiger partial charge in [0.2, 0.25) is 5.91 Å². The van der Waals surface area contributed by atoms with Crippen LogP contribution in [0.2, 0.25) is 0 Å². The van der Waals surface area contributed by atoms with Crippen molar-refractivity contribution in [2.45, 2.75) is 45.6 Å². The van der Waals surface area contributed by atoms with E-state index in [1.165, 1.54) is 0 Å². The minimum atomic E-state index is -0.746. The maximum atomic E-state index is 12.5. The first-order valence-electron chi connectivity index (χ1n) is 7.39. The van der Waals surface area contributed by atoms with Crippen molar-refractivity contribution in [3.8, 4) is 0 Å². The molecule has 0 bridgehead atoms. The zero-order valence-electron chi connectivity index (χ0n) is 12.4. The summed E-state index contributed by atoms with van der Waals surface area (Å²) in [5, 5.41) is 10.1. The monoisotopic (exact) mass is 291 g/mol. The van der Waals surface area contributed by atoms with Gasteiger partial charge in [0.1, 0.15) is 0 Å². The molecule has 0 aliphatic rings. The molecule has 0 saturated carbocycles. The number of para-hydroxylation sites is 2. The van der Waals surface area contributed by atoms with Gasteiger partial charge in [-0.15, -0.1) is 0 Å². The van der Waals surface area contributed by atoms with Gasteiger partial charge in [-0.2, -0.15) is 0 Å².